The van der Waals surface area contributed by atoms with Gasteiger partial charge < -0.3 is 35.3 Å². The van der Waals surface area contributed by atoms with Crippen molar-refractivity contribution in [3.63, 3.8) is 0 Å². The average molecular weight is 566 g/mol. The highest BCUT2D eigenvalue weighted by molar-refractivity contribution is 5.83. The maximum atomic E-state index is 12.1. The molecule has 12 nitrogen and oxygen atoms in total. The summed E-state index contributed by atoms with van der Waals surface area (Å²) in [7, 11) is 2.16. The molecule has 1 aliphatic heterocycles. The normalized spacial score (nSPS) is 15.2. The first-order chi connectivity index (χ1) is 19.5. The SMILES string of the molecule is CN1CCC[C@H]1c1cncc(CCCNC(=O)CCC(=O)NCCCOCCOCCOCCCNC(=O)O)c1. The lowest BCUT2D eigenvalue weighted by Gasteiger charge is -2.19. The van der Waals surface area contributed by atoms with Crippen LogP contribution in [0.5, 0.6) is 0 Å². The number of likely N-dealkylation sites (tertiary alicyclic amines) is 1. The number of aromatic nitrogens is 1. The van der Waals surface area contributed by atoms with Crippen molar-refractivity contribution in [1.29, 1.82) is 0 Å². The second-order valence-corrected chi connectivity index (χ2v) is 9.84. The first-order valence-corrected chi connectivity index (χ1v) is 14.3. The van der Waals surface area contributed by atoms with Crippen LogP contribution >= 0.6 is 0 Å². The van der Waals surface area contributed by atoms with Crippen molar-refractivity contribution in [3.8, 4) is 0 Å². The van der Waals surface area contributed by atoms with Gasteiger partial charge in [-0.05, 0) is 63.2 Å². The highest BCUT2D eigenvalue weighted by atomic mass is 16.5. The van der Waals surface area contributed by atoms with Gasteiger partial charge in [0.25, 0.3) is 0 Å². The van der Waals surface area contributed by atoms with E-state index < -0.39 is 6.09 Å². The number of nitrogens with one attached hydrogen (secondary N) is 3. The van der Waals surface area contributed by atoms with Gasteiger partial charge in [0.1, 0.15) is 0 Å². The quantitative estimate of drug-likeness (QED) is 0.155. The van der Waals surface area contributed by atoms with E-state index in [9.17, 15) is 14.4 Å². The van der Waals surface area contributed by atoms with Gasteiger partial charge in [-0.15, -0.1) is 0 Å². The molecule has 12 heteroatoms. The van der Waals surface area contributed by atoms with Crippen LogP contribution in [0.1, 0.15) is 62.1 Å². The number of hydrogen-bond acceptors (Lipinski definition) is 8. The van der Waals surface area contributed by atoms with Gasteiger partial charge >= 0.3 is 6.09 Å². The number of rotatable bonds is 22. The third-order valence-corrected chi connectivity index (χ3v) is 6.54. The summed E-state index contributed by atoms with van der Waals surface area (Å²) in [6.07, 6.45) is 8.55. The Hall–Kier alpha value is -2.80. The summed E-state index contributed by atoms with van der Waals surface area (Å²) in [5, 5.41) is 16.4. The highest BCUT2D eigenvalue weighted by Crippen LogP contribution is 2.30. The minimum Gasteiger partial charge on any atom is -0.465 e. The number of ether oxygens (including phenoxy) is 3. The minimum atomic E-state index is -1.03. The van der Waals surface area contributed by atoms with Gasteiger partial charge in [0.05, 0.1) is 26.4 Å². The molecule has 2 rings (SSSR count). The number of pyridine rings is 1. The Balaban J connectivity index is 1.36. The van der Waals surface area contributed by atoms with Crippen molar-refractivity contribution >= 4 is 17.9 Å². The smallest absolute Gasteiger partial charge is 0.404 e. The van der Waals surface area contributed by atoms with Crippen molar-refractivity contribution < 1.29 is 33.7 Å². The van der Waals surface area contributed by atoms with Crippen LogP contribution < -0.4 is 16.0 Å². The first kappa shape index (κ1) is 33.4. The third-order valence-electron chi connectivity index (χ3n) is 6.54. The fourth-order valence-corrected chi connectivity index (χ4v) is 4.40. The summed E-state index contributed by atoms with van der Waals surface area (Å²) in [5.41, 5.74) is 2.46. The molecule has 0 aromatic carbocycles. The van der Waals surface area contributed by atoms with Crippen molar-refractivity contribution in [2.75, 3.05) is 72.9 Å². The second kappa shape index (κ2) is 21.0. The monoisotopic (exact) mass is 565 g/mol. The molecular weight excluding hydrogens is 518 g/mol. The zero-order chi connectivity index (χ0) is 28.8. The maximum Gasteiger partial charge on any atom is 0.404 e. The van der Waals surface area contributed by atoms with Gasteiger partial charge in [0.15, 0.2) is 0 Å². The van der Waals surface area contributed by atoms with Gasteiger partial charge in [-0.1, -0.05) is 6.07 Å². The molecule has 1 atom stereocenters. The molecule has 0 bridgehead atoms. The van der Waals surface area contributed by atoms with Crippen LogP contribution in [-0.2, 0) is 30.2 Å². The van der Waals surface area contributed by atoms with Crippen molar-refractivity contribution in [1.82, 2.24) is 25.8 Å². The van der Waals surface area contributed by atoms with Crippen LogP contribution in [-0.4, -0.2) is 106 Å². The van der Waals surface area contributed by atoms with Crippen LogP contribution in [0.4, 0.5) is 4.79 Å². The maximum absolute atomic E-state index is 12.1. The van der Waals surface area contributed by atoms with Gasteiger partial charge in [-0.25, -0.2) is 4.79 Å². The number of carboxylic acid groups (broad SMARTS) is 1. The lowest BCUT2D eigenvalue weighted by molar-refractivity contribution is -0.126. The molecule has 4 N–H and O–H groups in total. The van der Waals surface area contributed by atoms with Crippen LogP contribution in [0.15, 0.2) is 18.5 Å². The van der Waals surface area contributed by atoms with Crippen LogP contribution in [0.2, 0.25) is 0 Å². The summed E-state index contributed by atoms with van der Waals surface area (Å²) < 4.78 is 16.2. The summed E-state index contributed by atoms with van der Waals surface area (Å²) >= 11 is 0. The molecule has 0 aliphatic carbocycles. The molecule has 0 unspecified atom stereocenters. The molecule has 0 saturated carbocycles. The Morgan fingerprint density at radius 2 is 1.45 bits per heavy atom. The van der Waals surface area contributed by atoms with Gasteiger partial charge in [0, 0.05) is 64.1 Å². The number of amides is 3. The molecule has 1 aromatic heterocycles. The number of aryl methyl sites for hydroxylation is 1. The molecule has 40 heavy (non-hydrogen) atoms. The largest absolute Gasteiger partial charge is 0.465 e. The Bertz CT molecular complexity index is 873. The number of nitrogens with zero attached hydrogens (tertiary/aromatic N) is 2. The molecule has 1 saturated heterocycles. The molecule has 1 aromatic rings. The van der Waals surface area contributed by atoms with Gasteiger partial charge in [0.2, 0.25) is 11.8 Å². The highest BCUT2D eigenvalue weighted by Gasteiger charge is 2.22. The van der Waals surface area contributed by atoms with Gasteiger partial charge in [-0.3, -0.25) is 19.5 Å². The lowest BCUT2D eigenvalue weighted by atomic mass is 10.0. The van der Waals surface area contributed by atoms with Crippen LogP contribution in [0.3, 0.4) is 0 Å². The topological polar surface area (TPSA) is 151 Å². The van der Waals surface area contributed by atoms with Crippen molar-refractivity contribution in [3.05, 3.63) is 29.6 Å². The van der Waals surface area contributed by atoms with E-state index >= 15 is 0 Å². The Morgan fingerprint density at radius 3 is 2.02 bits per heavy atom. The van der Waals surface area contributed by atoms with E-state index in [-0.39, 0.29) is 24.7 Å². The number of carbonyl (C=O) groups excluding carboxylic acids is 2. The summed E-state index contributed by atoms with van der Waals surface area (Å²) in [6, 6.07) is 2.69. The fraction of sp³-hybridized carbons (Fsp3) is 0.714. The van der Waals surface area contributed by atoms with Crippen molar-refractivity contribution in [2.24, 2.45) is 0 Å². The Kier molecular flexibility index (Phi) is 17.6. The molecule has 2 heterocycles. The zero-order valence-corrected chi connectivity index (χ0v) is 23.8. The second-order valence-electron chi connectivity index (χ2n) is 9.84. The zero-order valence-electron chi connectivity index (χ0n) is 23.8. The summed E-state index contributed by atoms with van der Waals surface area (Å²) in [6.45, 7) is 5.35. The summed E-state index contributed by atoms with van der Waals surface area (Å²) in [4.78, 5) is 41.1. The van der Waals surface area contributed by atoms with E-state index in [1.54, 1.807) is 0 Å². The van der Waals surface area contributed by atoms with E-state index in [1.807, 2.05) is 12.4 Å². The molecule has 226 valence electrons. The number of carbonyl (C=O) groups is 3. The molecule has 1 fully saturated rings. The van der Waals surface area contributed by atoms with Crippen LogP contribution in [0.25, 0.3) is 0 Å². The van der Waals surface area contributed by atoms with E-state index in [1.165, 1.54) is 24.0 Å². The molecule has 1 aliphatic rings. The molecule has 3 amide bonds. The molecule has 0 spiro atoms. The lowest BCUT2D eigenvalue weighted by Crippen LogP contribution is -2.29. The standard InChI is InChI=1S/C28H47N5O7/c1-33-13-3-7-25(33)24-20-23(21-29-22-24)6-2-10-30-26(34)8-9-27(35)31-11-4-14-38-16-18-40-19-17-39-15-5-12-32-28(36)37/h20-22,25,32H,2-19H2,1H3,(H,30,34)(H,31,35)(H,36,37)/t25-/m0/s1. The van der Waals surface area contributed by atoms with E-state index in [0.29, 0.717) is 78.2 Å². The fourth-order valence-electron chi connectivity index (χ4n) is 4.40. The predicted octanol–water partition coefficient (Wildman–Crippen LogP) is 1.89. The van der Waals surface area contributed by atoms with Gasteiger partial charge in [-0.2, -0.15) is 0 Å². The Morgan fingerprint density at radius 1 is 0.875 bits per heavy atom. The van der Waals surface area contributed by atoms with Crippen molar-refractivity contribution in [2.45, 2.75) is 57.4 Å². The first-order valence-electron chi connectivity index (χ1n) is 14.3. The molecular formula is C28H47N5O7. The third kappa shape index (κ3) is 15.7. The van der Waals surface area contributed by atoms with E-state index in [2.05, 4.69) is 38.9 Å². The predicted molar refractivity (Wildman–Crippen MR) is 150 cm³/mol. The van der Waals surface area contributed by atoms with Crippen LogP contribution in [0, 0.1) is 0 Å². The average Bonchev–Trinajstić information content (AvgIpc) is 3.37. The van der Waals surface area contributed by atoms with E-state index in [0.717, 1.165) is 19.4 Å². The van der Waals surface area contributed by atoms with E-state index in [4.69, 9.17) is 19.3 Å². The Labute approximate surface area is 237 Å². The summed E-state index contributed by atoms with van der Waals surface area (Å²) in [5.74, 6) is -0.254. The minimum absolute atomic E-state index is 0.112. The number of hydrogen-bond donors (Lipinski definition) is 4. The molecule has 0 radical (unpaired) electrons.